The molecule has 1 rings (SSSR count). The first-order chi connectivity index (χ1) is 20.6. The monoisotopic (exact) mass is 587 g/mol. The summed E-state index contributed by atoms with van der Waals surface area (Å²) in [4.78, 5) is 12.3. The summed E-state index contributed by atoms with van der Waals surface area (Å²) < 4.78 is 8.03. The van der Waals surface area contributed by atoms with Crippen molar-refractivity contribution in [2.45, 2.75) is 208 Å². The zero-order valence-corrected chi connectivity index (χ0v) is 28.9. The molecule has 0 spiro atoms. The highest BCUT2D eigenvalue weighted by Crippen LogP contribution is 2.15. The second-order valence-electron chi connectivity index (χ2n) is 13.2. The Balaban J connectivity index is 2.11. The van der Waals surface area contributed by atoms with Gasteiger partial charge in [0.25, 0.3) is 0 Å². The van der Waals surface area contributed by atoms with Gasteiger partial charge in [-0.25, -0.2) is 0 Å². The van der Waals surface area contributed by atoms with Gasteiger partial charge in [-0.1, -0.05) is 162 Å². The second-order valence-corrected chi connectivity index (χ2v) is 13.2. The molecule has 3 heteroatoms. The fourth-order valence-corrected chi connectivity index (χ4v) is 6.30. The predicted molar refractivity (Wildman–Crippen MR) is 182 cm³/mol. The molecule has 0 aromatic carbocycles. The first kappa shape index (κ1) is 38.6. The normalized spacial score (nSPS) is 11.3. The molecule has 0 bridgehead atoms. The van der Waals surface area contributed by atoms with Crippen molar-refractivity contribution in [1.29, 1.82) is 0 Å². The molecule has 0 unspecified atom stereocenters. The third-order valence-corrected chi connectivity index (χ3v) is 8.95. The number of aromatic nitrogens is 1. The van der Waals surface area contributed by atoms with E-state index in [1.54, 1.807) is 0 Å². The number of hydrogen-bond donors (Lipinski definition) is 0. The van der Waals surface area contributed by atoms with Crippen LogP contribution in [-0.4, -0.2) is 12.6 Å². The van der Waals surface area contributed by atoms with Crippen LogP contribution in [0.5, 0.6) is 0 Å². The molecule has 1 aromatic rings. The maximum atomic E-state index is 12.3. The summed E-state index contributed by atoms with van der Waals surface area (Å²) >= 11 is 0. The van der Waals surface area contributed by atoms with E-state index >= 15 is 0 Å². The molecule has 0 aliphatic rings. The van der Waals surface area contributed by atoms with E-state index in [1.165, 1.54) is 165 Å². The van der Waals surface area contributed by atoms with Gasteiger partial charge in [-0.05, 0) is 25.3 Å². The zero-order chi connectivity index (χ0) is 30.5. The molecule has 42 heavy (non-hydrogen) atoms. The number of nitrogens with zero attached hydrogens (tertiary/aromatic N) is 1. The van der Waals surface area contributed by atoms with E-state index in [4.69, 9.17) is 4.74 Å². The van der Waals surface area contributed by atoms with Gasteiger partial charge in [-0.3, -0.25) is 4.79 Å². The predicted octanol–water partition coefficient (Wildman–Crippen LogP) is 11.9. The Morgan fingerprint density at radius 2 is 0.976 bits per heavy atom. The number of pyridine rings is 1. The van der Waals surface area contributed by atoms with Crippen LogP contribution in [0, 0.1) is 13.8 Å². The van der Waals surface area contributed by atoms with E-state index in [0.717, 1.165) is 25.8 Å². The lowest BCUT2D eigenvalue weighted by Gasteiger charge is -2.10. The van der Waals surface area contributed by atoms with Gasteiger partial charge in [-0.2, -0.15) is 4.57 Å². The minimum atomic E-state index is -0.0223. The van der Waals surface area contributed by atoms with Gasteiger partial charge in [0.1, 0.15) is 0 Å². The first-order valence-electron chi connectivity index (χ1n) is 18.7. The van der Waals surface area contributed by atoms with Crippen molar-refractivity contribution >= 4 is 5.97 Å². The number of hydrogen-bond acceptors (Lipinski definition) is 2. The number of carbonyl (C=O) groups excluding carboxylic acids is 1. The molecule has 0 aliphatic carbocycles. The topological polar surface area (TPSA) is 30.2 Å². The summed E-state index contributed by atoms with van der Waals surface area (Å²) in [6.45, 7) is 10.2. The van der Waals surface area contributed by atoms with Crippen molar-refractivity contribution in [1.82, 2.24) is 0 Å². The van der Waals surface area contributed by atoms with Crippen LogP contribution in [0.25, 0.3) is 0 Å². The molecule has 0 aliphatic heterocycles. The standard InChI is InChI=1S/C39H72NO2/c1-5-7-9-11-13-15-17-19-21-23-25-27-29-31-39(41)42-33-32-40-37(4)34-36(3)35-38(40)30-28-26-24-22-20-18-16-14-12-10-8-6-2/h34-35H,5-33H2,1-4H3/q+1. The van der Waals surface area contributed by atoms with Crippen molar-refractivity contribution in [2.75, 3.05) is 6.61 Å². The Morgan fingerprint density at radius 3 is 1.43 bits per heavy atom. The van der Waals surface area contributed by atoms with E-state index in [9.17, 15) is 4.79 Å². The van der Waals surface area contributed by atoms with Crippen LogP contribution >= 0.6 is 0 Å². The van der Waals surface area contributed by atoms with Gasteiger partial charge in [0.15, 0.2) is 24.5 Å². The van der Waals surface area contributed by atoms with Crippen LogP contribution in [-0.2, 0) is 22.5 Å². The molecule has 0 atom stereocenters. The number of unbranched alkanes of at least 4 members (excludes halogenated alkanes) is 23. The molecule has 1 aromatic heterocycles. The third kappa shape index (κ3) is 22.2. The summed E-state index contributed by atoms with van der Waals surface area (Å²) in [6, 6.07) is 4.59. The second kappa shape index (κ2) is 28.4. The Hall–Kier alpha value is -1.38. The average molecular weight is 587 g/mol. The molecular formula is C39H72NO2+. The molecule has 3 nitrogen and oxygen atoms in total. The number of ether oxygens (including phenoxy) is 1. The quantitative estimate of drug-likeness (QED) is 0.0510. The lowest BCUT2D eigenvalue weighted by molar-refractivity contribution is -0.710. The summed E-state index contributed by atoms with van der Waals surface area (Å²) in [6.07, 6.45) is 35.5. The number of esters is 1. The van der Waals surface area contributed by atoms with Crippen molar-refractivity contribution in [3.05, 3.63) is 29.1 Å². The fourth-order valence-electron chi connectivity index (χ4n) is 6.30. The number of carbonyl (C=O) groups is 1. The van der Waals surface area contributed by atoms with Crippen LogP contribution < -0.4 is 4.57 Å². The Labute approximate surface area is 263 Å². The van der Waals surface area contributed by atoms with Gasteiger partial charge in [0.05, 0.1) is 0 Å². The van der Waals surface area contributed by atoms with Gasteiger partial charge in [-0.15, -0.1) is 0 Å². The van der Waals surface area contributed by atoms with Gasteiger partial charge in [0, 0.05) is 31.9 Å². The largest absolute Gasteiger partial charge is 0.459 e. The van der Waals surface area contributed by atoms with Crippen LogP contribution in [0.2, 0.25) is 0 Å². The van der Waals surface area contributed by atoms with Crippen LogP contribution in [0.3, 0.4) is 0 Å². The average Bonchev–Trinajstić information content (AvgIpc) is 2.97. The lowest BCUT2D eigenvalue weighted by atomic mass is 10.0. The van der Waals surface area contributed by atoms with E-state index in [-0.39, 0.29) is 5.97 Å². The van der Waals surface area contributed by atoms with Crippen molar-refractivity contribution in [3.63, 3.8) is 0 Å². The molecule has 1 heterocycles. The molecule has 244 valence electrons. The first-order valence-corrected chi connectivity index (χ1v) is 18.7. The molecule has 0 saturated heterocycles. The summed E-state index contributed by atoms with van der Waals surface area (Å²) in [5.74, 6) is -0.0223. The van der Waals surface area contributed by atoms with E-state index < -0.39 is 0 Å². The fraction of sp³-hybridized carbons (Fsp3) is 0.846. The van der Waals surface area contributed by atoms with Crippen LogP contribution in [0.15, 0.2) is 12.1 Å². The van der Waals surface area contributed by atoms with Crippen LogP contribution in [0.1, 0.15) is 198 Å². The summed E-state index contributed by atoms with van der Waals surface area (Å²) in [5, 5.41) is 0. The zero-order valence-electron chi connectivity index (χ0n) is 28.9. The summed E-state index contributed by atoms with van der Waals surface area (Å²) in [7, 11) is 0. The SMILES string of the molecule is CCCCCCCCCCCCCCCC(=O)OCC[n+]1c(C)cc(C)cc1CCCCCCCCCCCCCC. The highest BCUT2D eigenvalue weighted by molar-refractivity contribution is 5.69. The third-order valence-electron chi connectivity index (χ3n) is 8.95. The minimum Gasteiger partial charge on any atom is -0.459 e. The van der Waals surface area contributed by atoms with Crippen molar-refractivity contribution in [3.8, 4) is 0 Å². The molecule has 0 fully saturated rings. The molecule has 0 amide bonds. The maximum absolute atomic E-state index is 12.3. The van der Waals surface area contributed by atoms with Crippen molar-refractivity contribution < 1.29 is 14.1 Å². The molecule has 0 N–H and O–H groups in total. The maximum Gasteiger partial charge on any atom is 0.306 e. The Morgan fingerprint density at radius 1 is 0.571 bits per heavy atom. The molecule has 0 radical (unpaired) electrons. The highest BCUT2D eigenvalue weighted by Gasteiger charge is 2.16. The smallest absolute Gasteiger partial charge is 0.306 e. The minimum absolute atomic E-state index is 0.0223. The van der Waals surface area contributed by atoms with Gasteiger partial charge < -0.3 is 4.74 Å². The molecular weight excluding hydrogens is 514 g/mol. The van der Waals surface area contributed by atoms with E-state index in [1.807, 2.05) is 0 Å². The number of aryl methyl sites for hydroxylation is 3. The summed E-state index contributed by atoms with van der Waals surface area (Å²) in [5.41, 5.74) is 4.00. The van der Waals surface area contributed by atoms with Crippen LogP contribution in [0.4, 0.5) is 0 Å². The van der Waals surface area contributed by atoms with Crippen molar-refractivity contribution in [2.24, 2.45) is 0 Å². The van der Waals surface area contributed by atoms with E-state index in [2.05, 4.69) is 44.4 Å². The Kier molecular flexibility index (Phi) is 26.1. The van der Waals surface area contributed by atoms with Gasteiger partial charge >= 0.3 is 5.97 Å². The molecule has 0 saturated carbocycles. The van der Waals surface area contributed by atoms with E-state index in [0.29, 0.717) is 13.0 Å². The Bertz CT molecular complexity index is 759. The lowest BCUT2D eigenvalue weighted by Crippen LogP contribution is -2.43. The number of rotatable bonds is 30. The highest BCUT2D eigenvalue weighted by atomic mass is 16.5. The van der Waals surface area contributed by atoms with Gasteiger partial charge in [0.2, 0.25) is 0 Å².